The second kappa shape index (κ2) is 22.2. The minimum Gasteiger partial charge on any atom is -0.464 e. The third-order valence-electron chi connectivity index (χ3n) is 5.17. The second-order valence-corrected chi connectivity index (χ2v) is 8.05. The summed E-state index contributed by atoms with van der Waals surface area (Å²) in [5.74, 6) is -0.410. The van der Waals surface area contributed by atoms with Gasteiger partial charge in [0.05, 0.1) is 6.61 Å². The summed E-state index contributed by atoms with van der Waals surface area (Å²) in [5.41, 5.74) is 0. The highest BCUT2D eigenvalue weighted by Gasteiger charge is 2.05. The van der Waals surface area contributed by atoms with E-state index in [1.165, 1.54) is 89.9 Å². The number of unbranched alkanes of at least 4 members (excludes halogenated alkanes) is 15. The van der Waals surface area contributed by atoms with Crippen molar-refractivity contribution >= 4 is 11.9 Å². The lowest BCUT2D eigenvalue weighted by Crippen LogP contribution is -2.30. The van der Waals surface area contributed by atoms with Crippen LogP contribution in [-0.2, 0) is 14.3 Å². The molecule has 0 aliphatic heterocycles. The van der Waals surface area contributed by atoms with Crippen molar-refractivity contribution in [2.45, 2.75) is 129 Å². The number of esters is 1. The Hall–Kier alpha value is -1.06. The van der Waals surface area contributed by atoms with Gasteiger partial charge >= 0.3 is 5.97 Å². The van der Waals surface area contributed by atoms with Crippen molar-refractivity contribution in [1.29, 1.82) is 0 Å². The van der Waals surface area contributed by atoms with Crippen molar-refractivity contribution < 1.29 is 14.3 Å². The fourth-order valence-electron chi connectivity index (χ4n) is 3.37. The number of carbonyl (C=O) groups is 2. The average molecular weight is 398 g/mol. The van der Waals surface area contributed by atoms with E-state index in [1.807, 2.05) is 6.92 Å². The van der Waals surface area contributed by atoms with Gasteiger partial charge < -0.3 is 10.1 Å². The highest BCUT2D eigenvalue weighted by Crippen LogP contribution is 2.13. The van der Waals surface area contributed by atoms with Crippen LogP contribution in [0.1, 0.15) is 129 Å². The molecule has 4 heteroatoms. The molecule has 0 saturated carbocycles. The Morgan fingerprint density at radius 2 is 1.04 bits per heavy atom. The molecule has 28 heavy (non-hydrogen) atoms. The molecule has 0 fully saturated rings. The summed E-state index contributed by atoms with van der Waals surface area (Å²) < 4.78 is 5.14. The molecule has 0 spiro atoms. The first-order chi connectivity index (χ1) is 13.7. The minimum absolute atomic E-state index is 0.00229. The predicted octanol–water partition coefficient (Wildman–Crippen LogP) is 6.71. The molecular weight excluding hydrogens is 350 g/mol. The molecule has 0 aromatic rings. The first-order valence-electron chi connectivity index (χ1n) is 12.1. The Morgan fingerprint density at radius 1 is 0.607 bits per heavy atom. The Balaban J connectivity index is 3.15. The highest BCUT2D eigenvalue weighted by atomic mass is 16.5. The predicted molar refractivity (Wildman–Crippen MR) is 118 cm³/mol. The first-order valence-corrected chi connectivity index (χ1v) is 12.1. The molecule has 0 aromatic carbocycles. The normalized spacial score (nSPS) is 10.8. The largest absolute Gasteiger partial charge is 0.464 e. The maximum Gasteiger partial charge on any atom is 0.325 e. The van der Waals surface area contributed by atoms with Gasteiger partial charge in [0.15, 0.2) is 0 Å². The smallest absolute Gasteiger partial charge is 0.325 e. The third-order valence-corrected chi connectivity index (χ3v) is 5.17. The maximum atomic E-state index is 11.5. The van der Waals surface area contributed by atoms with E-state index in [-0.39, 0.29) is 18.4 Å². The minimum atomic E-state index is -0.328. The van der Waals surface area contributed by atoms with Crippen LogP contribution in [0.25, 0.3) is 0 Å². The quantitative estimate of drug-likeness (QED) is 0.173. The van der Waals surface area contributed by atoms with E-state index in [0.29, 0.717) is 13.0 Å². The molecule has 1 amide bonds. The molecular formula is C24H47NO3. The Labute approximate surface area is 174 Å². The zero-order chi connectivity index (χ0) is 20.7. The first kappa shape index (κ1) is 26.9. The van der Waals surface area contributed by atoms with E-state index in [1.54, 1.807) is 0 Å². The second-order valence-electron chi connectivity index (χ2n) is 8.05. The average Bonchev–Trinajstić information content (AvgIpc) is 2.69. The van der Waals surface area contributed by atoms with E-state index in [9.17, 15) is 9.59 Å². The summed E-state index contributed by atoms with van der Waals surface area (Å²) >= 11 is 0. The number of rotatable bonds is 21. The fourth-order valence-corrected chi connectivity index (χ4v) is 3.37. The summed E-state index contributed by atoms with van der Waals surface area (Å²) in [6.07, 6.45) is 22.6. The molecule has 0 saturated heterocycles. The van der Waals surface area contributed by atoms with Gasteiger partial charge in [0.2, 0.25) is 5.91 Å². The number of ether oxygens (including phenoxy) is 1. The Morgan fingerprint density at radius 3 is 1.46 bits per heavy atom. The topological polar surface area (TPSA) is 55.4 Å². The summed E-state index contributed by atoms with van der Waals surface area (Å²) in [6.45, 7) is 4.69. The van der Waals surface area contributed by atoms with Crippen LogP contribution in [0.2, 0.25) is 0 Å². The zero-order valence-corrected chi connectivity index (χ0v) is 18.9. The van der Waals surface area contributed by atoms with Crippen LogP contribution in [0.15, 0.2) is 0 Å². The van der Waals surface area contributed by atoms with Crippen LogP contribution < -0.4 is 5.32 Å². The Bertz CT molecular complexity index is 358. The van der Waals surface area contributed by atoms with Crippen LogP contribution in [-0.4, -0.2) is 25.0 Å². The Kier molecular flexibility index (Phi) is 21.4. The number of hydrogen-bond donors (Lipinski definition) is 1. The van der Waals surface area contributed by atoms with E-state index in [0.717, 1.165) is 19.3 Å². The number of carbonyl (C=O) groups excluding carboxylic acids is 2. The molecule has 0 aliphatic rings. The van der Waals surface area contributed by atoms with E-state index in [2.05, 4.69) is 12.2 Å². The van der Waals surface area contributed by atoms with Gasteiger partial charge in [-0.2, -0.15) is 0 Å². The summed E-state index contributed by atoms with van der Waals surface area (Å²) in [4.78, 5) is 22.7. The number of nitrogens with one attached hydrogen (secondary N) is 1. The van der Waals surface area contributed by atoms with Crippen LogP contribution in [0.3, 0.4) is 0 Å². The molecule has 0 atom stereocenters. The third kappa shape index (κ3) is 21.2. The number of amides is 1. The van der Waals surface area contributed by atoms with Gasteiger partial charge in [0, 0.05) is 6.42 Å². The van der Waals surface area contributed by atoms with Gasteiger partial charge in [-0.15, -0.1) is 0 Å². The van der Waals surface area contributed by atoms with Gasteiger partial charge in [-0.25, -0.2) is 0 Å². The SMILES string of the molecule is CCCCCCCCCCCCCCCCCCOC(=O)CNC(=O)CCC. The van der Waals surface area contributed by atoms with Crippen LogP contribution in [0, 0.1) is 0 Å². The summed E-state index contributed by atoms with van der Waals surface area (Å²) in [7, 11) is 0. The van der Waals surface area contributed by atoms with Crippen molar-refractivity contribution in [2.75, 3.05) is 13.2 Å². The molecule has 0 rings (SSSR count). The molecule has 0 radical (unpaired) electrons. The lowest BCUT2D eigenvalue weighted by molar-refractivity contribution is -0.144. The molecule has 0 aliphatic carbocycles. The van der Waals surface area contributed by atoms with Gasteiger partial charge in [0.25, 0.3) is 0 Å². The van der Waals surface area contributed by atoms with Crippen molar-refractivity contribution in [1.82, 2.24) is 5.32 Å². The van der Waals surface area contributed by atoms with E-state index in [4.69, 9.17) is 4.74 Å². The van der Waals surface area contributed by atoms with Crippen LogP contribution in [0.4, 0.5) is 0 Å². The van der Waals surface area contributed by atoms with Crippen LogP contribution >= 0.6 is 0 Å². The van der Waals surface area contributed by atoms with Crippen molar-refractivity contribution in [3.63, 3.8) is 0 Å². The summed E-state index contributed by atoms with van der Waals surface area (Å²) in [5, 5.41) is 2.58. The van der Waals surface area contributed by atoms with Gasteiger partial charge in [-0.3, -0.25) is 9.59 Å². The van der Waals surface area contributed by atoms with Crippen LogP contribution in [0.5, 0.6) is 0 Å². The molecule has 1 N–H and O–H groups in total. The molecule has 0 aromatic heterocycles. The molecule has 0 unspecified atom stereocenters. The molecule has 0 heterocycles. The van der Waals surface area contributed by atoms with Crippen molar-refractivity contribution in [2.24, 2.45) is 0 Å². The molecule has 166 valence electrons. The fraction of sp³-hybridized carbons (Fsp3) is 0.917. The van der Waals surface area contributed by atoms with Gasteiger partial charge in [0.1, 0.15) is 6.54 Å². The standard InChI is InChI=1S/C24H47NO3/c1-3-5-6-7-8-9-10-11-12-13-14-15-16-17-18-19-21-28-24(27)22-25-23(26)20-4-2/h3-22H2,1-2H3,(H,25,26). The zero-order valence-electron chi connectivity index (χ0n) is 18.9. The van der Waals surface area contributed by atoms with Crippen molar-refractivity contribution in [3.8, 4) is 0 Å². The monoisotopic (exact) mass is 397 g/mol. The lowest BCUT2D eigenvalue weighted by Gasteiger charge is -2.06. The molecule has 4 nitrogen and oxygen atoms in total. The van der Waals surface area contributed by atoms with E-state index < -0.39 is 0 Å². The lowest BCUT2D eigenvalue weighted by atomic mass is 10.0. The number of hydrogen-bond acceptors (Lipinski definition) is 3. The van der Waals surface area contributed by atoms with Crippen molar-refractivity contribution in [3.05, 3.63) is 0 Å². The van der Waals surface area contributed by atoms with Gasteiger partial charge in [-0.05, 0) is 12.8 Å². The highest BCUT2D eigenvalue weighted by molar-refractivity contribution is 5.81. The van der Waals surface area contributed by atoms with E-state index >= 15 is 0 Å². The summed E-state index contributed by atoms with van der Waals surface area (Å²) in [6, 6.07) is 0. The molecule has 0 bridgehead atoms. The van der Waals surface area contributed by atoms with Gasteiger partial charge in [-0.1, -0.05) is 110 Å². The maximum absolute atomic E-state index is 11.5.